The Kier molecular flexibility index (Phi) is 7.55. The number of alkyl halides is 1. The summed E-state index contributed by atoms with van der Waals surface area (Å²) in [5, 5.41) is 22.0. The number of rotatable bonds is 7. The van der Waals surface area contributed by atoms with Gasteiger partial charge in [-0.2, -0.15) is 4.89 Å². The minimum absolute atomic E-state index is 0.00698. The molecule has 7 heteroatoms. The Bertz CT molecular complexity index is 744. The number of fused-ring (bicyclic) bond motifs is 5. The fraction of sp³-hybridized carbons (Fsp3) is 0.885. The summed E-state index contributed by atoms with van der Waals surface area (Å²) >= 11 is 3.76. The van der Waals surface area contributed by atoms with Crippen molar-refractivity contribution in [1.29, 1.82) is 0 Å². The molecule has 0 bridgehead atoms. The van der Waals surface area contributed by atoms with E-state index in [0.29, 0.717) is 17.6 Å². The molecule has 0 aliphatic heterocycles. The molecule has 2 N–H and O–H groups in total. The van der Waals surface area contributed by atoms with Crippen molar-refractivity contribution in [1.82, 2.24) is 0 Å². The lowest BCUT2D eigenvalue weighted by Crippen LogP contribution is -2.60. The molecule has 0 aromatic rings. The van der Waals surface area contributed by atoms with Gasteiger partial charge in [0, 0.05) is 18.8 Å². The minimum atomic E-state index is -0.473. The van der Waals surface area contributed by atoms with Crippen molar-refractivity contribution >= 4 is 21.9 Å². The number of esters is 1. The lowest BCUT2D eigenvalue weighted by atomic mass is 9.44. The quantitative estimate of drug-likeness (QED) is 0.160. The van der Waals surface area contributed by atoms with Gasteiger partial charge in [0.1, 0.15) is 18.0 Å². The molecular weight excluding hydrogens is 488 g/mol. The van der Waals surface area contributed by atoms with Gasteiger partial charge in [-0.05, 0) is 80.5 Å². The van der Waals surface area contributed by atoms with E-state index in [-0.39, 0.29) is 46.9 Å². The Hall–Kier alpha value is -0.630. The minimum Gasteiger partial charge on any atom is -0.461 e. The first-order valence-electron chi connectivity index (χ1n) is 12.8. The molecule has 4 unspecified atom stereocenters. The molecule has 0 amide bonds. The highest BCUT2D eigenvalue weighted by molar-refractivity contribution is 9.09. The van der Waals surface area contributed by atoms with Crippen LogP contribution in [0.5, 0.6) is 0 Å². The van der Waals surface area contributed by atoms with Crippen LogP contribution in [0.15, 0.2) is 12.3 Å². The molecule has 6 nitrogen and oxygen atoms in total. The first kappa shape index (κ1) is 25.5. The molecule has 10 atom stereocenters. The van der Waals surface area contributed by atoms with Crippen LogP contribution >= 0.6 is 15.9 Å². The first-order chi connectivity index (χ1) is 15.7. The lowest BCUT2D eigenvalue weighted by Gasteiger charge is -2.62. The zero-order valence-electron chi connectivity index (χ0n) is 20.3. The SMILES string of the molecule is C=C(CCC)OO[C@H]1CC[C@@]2(C)C(C1)C[C@H](O)C1C2CC[C@@]2(CO)C1C[C@@H](Br)[C@@H]2OC(C)=O. The summed E-state index contributed by atoms with van der Waals surface area (Å²) in [6.07, 6.45) is 7.25. The highest BCUT2D eigenvalue weighted by Crippen LogP contribution is 2.67. The second-order valence-corrected chi connectivity index (χ2v) is 12.5. The van der Waals surface area contributed by atoms with E-state index in [0.717, 1.165) is 57.8 Å². The second kappa shape index (κ2) is 9.79. The average Bonchev–Trinajstić information content (AvgIpc) is 3.04. The average molecular weight is 530 g/mol. The van der Waals surface area contributed by atoms with E-state index in [1.54, 1.807) is 0 Å². The monoisotopic (exact) mass is 528 g/mol. The number of halogens is 1. The third kappa shape index (κ3) is 4.41. The number of carbonyl (C=O) groups is 1. The fourth-order valence-corrected chi connectivity index (χ4v) is 9.16. The van der Waals surface area contributed by atoms with Crippen molar-refractivity contribution in [2.75, 3.05) is 6.61 Å². The van der Waals surface area contributed by atoms with Gasteiger partial charge in [-0.3, -0.25) is 4.79 Å². The first-order valence-corrected chi connectivity index (χ1v) is 13.7. The van der Waals surface area contributed by atoms with Crippen LogP contribution in [0.1, 0.15) is 78.6 Å². The zero-order chi connectivity index (χ0) is 24.0. The highest BCUT2D eigenvalue weighted by Gasteiger charge is 2.66. The Labute approximate surface area is 206 Å². The summed E-state index contributed by atoms with van der Waals surface area (Å²) in [5.41, 5.74) is -0.341. The smallest absolute Gasteiger partial charge is 0.302 e. The van der Waals surface area contributed by atoms with Crippen LogP contribution in [-0.2, 0) is 19.3 Å². The van der Waals surface area contributed by atoms with E-state index in [2.05, 4.69) is 36.4 Å². The number of ether oxygens (including phenoxy) is 1. The molecule has 0 aromatic heterocycles. The molecule has 0 aromatic carbocycles. The molecule has 33 heavy (non-hydrogen) atoms. The Morgan fingerprint density at radius 3 is 2.61 bits per heavy atom. The fourth-order valence-electron chi connectivity index (χ4n) is 8.13. The lowest BCUT2D eigenvalue weighted by molar-refractivity contribution is -0.313. The summed E-state index contributed by atoms with van der Waals surface area (Å²) in [6, 6.07) is 0. The summed E-state index contributed by atoms with van der Waals surface area (Å²) in [6.45, 7) is 9.85. The number of aliphatic hydroxyl groups is 2. The molecule has 4 rings (SSSR count). The maximum Gasteiger partial charge on any atom is 0.302 e. The maximum atomic E-state index is 11.8. The van der Waals surface area contributed by atoms with Gasteiger partial charge in [-0.25, -0.2) is 0 Å². The van der Waals surface area contributed by atoms with Gasteiger partial charge < -0.3 is 19.8 Å². The molecule has 188 valence electrons. The summed E-state index contributed by atoms with van der Waals surface area (Å²) in [5.74, 6) is 1.39. The van der Waals surface area contributed by atoms with Crippen LogP contribution < -0.4 is 0 Å². The van der Waals surface area contributed by atoms with Crippen molar-refractivity contribution < 1.29 is 29.5 Å². The highest BCUT2D eigenvalue weighted by atomic mass is 79.9. The Morgan fingerprint density at radius 1 is 1.18 bits per heavy atom. The van der Waals surface area contributed by atoms with Gasteiger partial charge >= 0.3 is 5.97 Å². The number of carbonyl (C=O) groups excluding carboxylic acids is 1. The molecular formula is C26H41BrO6. The summed E-state index contributed by atoms with van der Waals surface area (Å²) in [7, 11) is 0. The van der Waals surface area contributed by atoms with Gasteiger partial charge in [-0.15, -0.1) is 0 Å². The topological polar surface area (TPSA) is 85.2 Å². The van der Waals surface area contributed by atoms with Gasteiger partial charge in [0.15, 0.2) is 0 Å². The Balaban J connectivity index is 1.51. The second-order valence-electron chi connectivity index (χ2n) is 11.4. The molecule has 4 fully saturated rings. The van der Waals surface area contributed by atoms with E-state index in [1.165, 1.54) is 6.92 Å². The number of hydrogen-bond donors (Lipinski definition) is 2. The van der Waals surface area contributed by atoms with Gasteiger partial charge in [-0.1, -0.05) is 36.4 Å². The van der Waals surface area contributed by atoms with Crippen molar-refractivity contribution in [3.63, 3.8) is 0 Å². The molecule has 4 aliphatic carbocycles. The van der Waals surface area contributed by atoms with Crippen molar-refractivity contribution in [3.8, 4) is 0 Å². The van der Waals surface area contributed by atoms with E-state index in [1.807, 2.05) is 0 Å². The molecule has 0 spiro atoms. The standard InChI is InChI=1S/C26H41BrO6/c1-5-6-15(2)32-33-18-7-9-25(4)17(11-18)12-22(30)23-19(25)8-10-26(14-28)20(23)13-21(27)24(26)31-16(3)29/h17-24,28,30H,2,5-14H2,1,3-4H3/t17?,18-,19?,20?,21+,22-,23?,24-,25-,26+/m0/s1. The molecule has 0 saturated heterocycles. The number of aliphatic hydroxyl groups excluding tert-OH is 2. The third-order valence-corrected chi connectivity index (χ3v) is 10.5. The summed E-state index contributed by atoms with van der Waals surface area (Å²) < 4.78 is 5.75. The van der Waals surface area contributed by atoms with E-state index in [4.69, 9.17) is 14.5 Å². The summed E-state index contributed by atoms with van der Waals surface area (Å²) in [4.78, 5) is 23.1. The van der Waals surface area contributed by atoms with E-state index < -0.39 is 11.5 Å². The largest absolute Gasteiger partial charge is 0.461 e. The van der Waals surface area contributed by atoms with Crippen LogP contribution in [0, 0.1) is 34.5 Å². The maximum absolute atomic E-state index is 11.8. The predicted molar refractivity (Wildman–Crippen MR) is 128 cm³/mol. The number of hydrogen-bond acceptors (Lipinski definition) is 6. The van der Waals surface area contributed by atoms with Crippen LogP contribution in [-0.4, -0.2) is 45.9 Å². The van der Waals surface area contributed by atoms with Gasteiger partial charge in [0.25, 0.3) is 0 Å². The van der Waals surface area contributed by atoms with Crippen molar-refractivity contribution in [2.45, 2.75) is 102 Å². The van der Waals surface area contributed by atoms with Crippen LogP contribution in [0.3, 0.4) is 0 Å². The van der Waals surface area contributed by atoms with Gasteiger partial charge in [0.2, 0.25) is 0 Å². The van der Waals surface area contributed by atoms with Crippen LogP contribution in [0.25, 0.3) is 0 Å². The number of allylic oxidation sites excluding steroid dienone is 1. The molecule has 0 radical (unpaired) electrons. The third-order valence-electron chi connectivity index (χ3n) is 9.68. The van der Waals surface area contributed by atoms with E-state index in [9.17, 15) is 15.0 Å². The molecule has 4 saturated carbocycles. The zero-order valence-corrected chi connectivity index (χ0v) is 21.9. The van der Waals surface area contributed by atoms with Crippen LogP contribution in [0.4, 0.5) is 0 Å². The Morgan fingerprint density at radius 2 is 1.94 bits per heavy atom. The van der Waals surface area contributed by atoms with Crippen molar-refractivity contribution in [2.24, 2.45) is 34.5 Å². The van der Waals surface area contributed by atoms with E-state index >= 15 is 0 Å². The van der Waals surface area contributed by atoms with Crippen LogP contribution in [0.2, 0.25) is 0 Å². The van der Waals surface area contributed by atoms with Gasteiger partial charge in [0.05, 0.1) is 17.5 Å². The molecule has 4 aliphatic rings. The normalized spacial score (nSPS) is 46.6. The predicted octanol–water partition coefficient (Wildman–Crippen LogP) is 4.91. The molecule has 0 heterocycles. The van der Waals surface area contributed by atoms with Crippen molar-refractivity contribution in [3.05, 3.63) is 12.3 Å².